The minimum Gasteiger partial charge on any atom is -0.766 e. The van der Waals surface area contributed by atoms with E-state index < -0.39 is 52.4 Å². The molecule has 1 fully saturated rings. The van der Waals surface area contributed by atoms with Gasteiger partial charge < -0.3 is 35.0 Å². The maximum atomic E-state index is 11.7. The van der Waals surface area contributed by atoms with E-state index in [2.05, 4.69) is 19.3 Å². The van der Waals surface area contributed by atoms with Crippen LogP contribution in [0.5, 0.6) is 0 Å². The van der Waals surface area contributed by atoms with Crippen LogP contribution in [0.4, 0.5) is 5.82 Å². The number of nitrogens with zero attached hydrogens (tertiary/aromatic N) is 2. The van der Waals surface area contributed by atoms with Crippen LogP contribution >= 0.6 is 15.6 Å². The van der Waals surface area contributed by atoms with Crippen molar-refractivity contribution in [3.8, 4) is 0 Å². The summed E-state index contributed by atoms with van der Waals surface area (Å²) in [6.07, 6.45) is -4.98. The number of nitrogens with two attached hydrogens (primary N) is 2. The van der Waals surface area contributed by atoms with Crippen LogP contribution in [-0.2, 0) is 22.7 Å². The Balaban J connectivity index is 2.08. The van der Waals surface area contributed by atoms with Crippen molar-refractivity contribution in [1.29, 1.82) is 0 Å². The molecule has 14 nitrogen and oxygen atoms in total. The molecule has 2 rings (SSSR count). The molecule has 1 aromatic rings. The molecule has 1 saturated heterocycles. The number of phosphoric ester groups is 1. The van der Waals surface area contributed by atoms with Gasteiger partial charge in [0.05, 0.1) is 6.61 Å². The standard InChI is InChI=1S/C9H16N4O10P2/c10-5-1-2-13(9(16)12-5)8-7(15)6(14)4(22-8)3-21-25(19,20)23-24(11,17)18/h1-2,4,6-8,14-15H,3H2,(H,19,20)(H2,10,12,16)(H3,11,17,18)/p-2/t4-,6-,7-,8-/m1/s1. The fourth-order valence-corrected chi connectivity index (χ4v) is 3.68. The van der Waals surface area contributed by atoms with Crippen LogP contribution in [0.25, 0.3) is 0 Å². The first-order valence-electron chi connectivity index (χ1n) is 6.52. The van der Waals surface area contributed by atoms with Crippen molar-refractivity contribution in [3.05, 3.63) is 22.7 Å². The van der Waals surface area contributed by atoms with Crippen LogP contribution in [0.3, 0.4) is 0 Å². The molecule has 0 amide bonds. The van der Waals surface area contributed by atoms with Crippen molar-refractivity contribution in [2.24, 2.45) is 5.50 Å². The largest absolute Gasteiger partial charge is 0.766 e. The van der Waals surface area contributed by atoms with E-state index in [1.165, 1.54) is 6.07 Å². The summed E-state index contributed by atoms with van der Waals surface area (Å²) < 4.78 is 35.7. The Morgan fingerprint density at radius 1 is 1.36 bits per heavy atom. The van der Waals surface area contributed by atoms with Gasteiger partial charge in [-0.25, -0.2) is 4.79 Å². The second-order valence-electron chi connectivity index (χ2n) is 4.95. The minimum absolute atomic E-state index is 0.0811. The van der Waals surface area contributed by atoms with E-state index in [-0.39, 0.29) is 5.82 Å². The maximum Gasteiger partial charge on any atom is 0.351 e. The summed E-state index contributed by atoms with van der Waals surface area (Å²) in [6, 6.07) is 1.24. The summed E-state index contributed by atoms with van der Waals surface area (Å²) in [7, 11) is -10.5. The van der Waals surface area contributed by atoms with E-state index in [9.17, 15) is 33.9 Å². The van der Waals surface area contributed by atoms with E-state index in [0.29, 0.717) is 0 Å². The van der Waals surface area contributed by atoms with Gasteiger partial charge in [-0.3, -0.25) is 23.5 Å². The van der Waals surface area contributed by atoms with Crippen molar-refractivity contribution in [3.63, 3.8) is 0 Å². The monoisotopic (exact) mass is 400 g/mol. The van der Waals surface area contributed by atoms with E-state index in [1.807, 2.05) is 0 Å². The maximum absolute atomic E-state index is 11.7. The molecule has 6 N–H and O–H groups in total. The fraction of sp³-hybridized carbons (Fsp3) is 0.556. The molecular formula is C9H14N4O10P2-2. The van der Waals surface area contributed by atoms with Gasteiger partial charge in [-0.15, -0.1) is 0 Å². The van der Waals surface area contributed by atoms with Gasteiger partial charge in [-0.2, -0.15) is 4.98 Å². The van der Waals surface area contributed by atoms with E-state index >= 15 is 0 Å². The fourth-order valence-electron chi connectivity index (χ4n) is 2.04. The Kier molecular flexibility index (Phi) is 5.81. The van der Waals surface area contributed by atoms with Gasteiger partial charge in [0.1, 0.15) is 24.1 Å². The lowest BCUT2D eigenvalue weighted by molar-refractivity contribution is -0.234. The molecule has 0 spiro atoms. The van der Waals surface area contributed by atoms with Gasteiger partial charge in [0.2, 0.25) is 7.75 Å². The van der Waals surface area contributed by atoms with Crippen LogP contribution in [0.15, 0.2) is 17.1 Å². The third kappa shape index (κ3) is 5.15. The van der Waals surface area contributed by atoms with Crippen LogP contribution in [-0.4, -0.2) is 44.7 Å². The number of hydrogen-bond acceptors (Lipinski definition) is 12. The third-order valence-electron chi connectivity index (χ3n) is 3.07. The second-order valence-corrected chi connectivity index (χ2v) is 7.84. The highest BCUT2D eigenvalue weighted by Gasteiger charge is 2.44. The smallest absolute Gasteiger partial charge is 0.351 e. The molecule has 6 atom stereocenters. The first kappa shape index (κ1) is 20.1. The minimum atomic E-state index is -5.34. The molecule has 2 unspecified atom stereocenters. The number of aliphatic hydroxyl groups is 2. The first-order valence-corrected chi connectivity index (χ1v) is 9.60. The van der Waals surface area contributed by atoms with Gasteiger partial charge >= 0.3 is 5.69 Å². The van der Waals surface area contributed by atoms with Crippen LogP contribution < -0.4 is 26.7 Å². The summed E-state index contributed by atoms with van der Waals surface area (Å²) in [5.41, 5.74) is 8.87. The van der Waals surface area contributed by atoms with Gasteiger partial charge in [0, 0.05) is 6.20 Å². The Morgan fingerprint density at radius 3 is 2.56 bits per heavy atom. The van der Waals surface area contributed by atoms with Gasteiger partial charge in [-0.1, -0.05) is 0 Å². The first-order chi connectivity index (χ1) is 11.4. The van der Waals surface area contributed by atoms with Gasteiger partial charge in [0.25, 0.3) is 7.82 Å². The SMILES string of the molecule is Nc1ccn([C@@H]2O[C@H](COP(=O)([O-])OP(N)(=O)[O-])[C@@H](O)[C@H]2O)c(=O)n1. The highest BCUT2D eigenvalue weighted by molar-refractivity contribution is 7.61. The zero-order valence-corrected chi connectivity index (χ0v) is 14.1. The zero-order valence-electron chi connectivity index (χ0n) is 12.3. The van der Waals surface area contributed by atoms with Crippen molar-refractivity contribution < 1.29 is 42.7 Å². The number of nitrogen functional groups attached to an aromatic ring is 1. The zero-order chi connectivity index (χ0) is 19.0. The molecule has 142 valence electrons. The molecule has 25 heavy (non-hydrogen) atoms. The summed E-state index contributed by atoms with van der Waals surface area (Å²) in [5.74, 6) is -0.0811. The summed E-state index contributed by atoms with van der Waals surface area (Å²) >= 11 is 0. The second kappa shape index (κ2) is 7.21. The van der Waals surface area contributed by atoms with Gasteiger partial charge in [0.15, 0.2) is 6.23 Å². The molecule has 1 aromatic heterocycles. The normalized spacial score (nSPS) is 31.4. The highest BCUT2D eigenvalue weighted by atomic mass is 31.3. The lowest BCUT2D eigenvalue weighted by atomic mass is 10.1. The summed E-state index contributed by atoms with van der Waals surface area (Å²) in [5, 5.41) is 19.8. The molecule has 0 aromatic carbocycles. The van der Waals surface area contributed by atoms with Crippen molar-refractivity contribution in [1.82, 2.24) is 9.55 Å². The van der Waals surface area contributed by atoms with E-state index in [4.69, 9.17) is 10.5 Å². The Morgan fingerprint density at radius 2 is 2.00 bits per heavy atom. The molecule has 16 heteroatoms. The molecule has 0 saturated carbocycles. The van der Waals surface area contributed by atoms with Gasteiger partial charge in [-0.05, 0) is 6.07 Å². The Bertz CT molecular complexity index is 780. The van der Waals surface area contributed by atoms with Crippen molar-refractivity contribution >= 4 is 21.4 Å². The van der Waals surface area contributed by atoms with Crippen LogP contribution in [0, 0.1) is 0 Å². The van der Waals surface area contributed by atoms with E-state index in [0.717, 1.165) is 10.8 Å². The molecule has 0 bridgehead atoms. The topological polar surface area (TPSA) is 235 Å². The van der Waals surface area contributed by atoms with Crippen LogP contribution in [0.2, 0.25) is 0 Å². The molecule has 1 aliphatic heterocycles. The Hall–Kier alpha value is -1.18. The Labute approximate surface area is 139 Å². The molecule has 0 radical (unpaired) electrons. The molecule has 0 aliphatic carbocycles. The van der Waals surface area contributed by atoms with Crippen molar-refractivity contribution in [2.45, 2.75) is 24.5 Å². The number of ether oxygens (including phenoxy) is 1. The number of aliphatic hydroxyl groups excluding tert-OH is 2. The van der Waals surface area contributed by atoms with E-state index in [1.54, 1.807) is 0 Å². The average molecular weight is 400 g/mol. The lowest BCUT2D eigenvalue weighted by Gasteiger charge is -2.29. The molecule has 2 heterocycles. The highest BCUT2D eigenvalue weighted by Crippen LogP contribution is 2.51. The predicted molar refractivity (Wildman–Crippen MR) is 75.3 cm³/mol. The number of rotatable bonds is 6. The molecule has 1 aliphatic rings. The third-order valence-corrected chi connectivity index (χ3v) is 5.25. The number of aromatic nitrogens is 2. The average Bonchev–Trinajstić information content (AvgIpc) is 2.71. The lowest BCUT2D eigenvalue weighted by Crippen LogP contribution is -2.36. The molecular weight excluding hydrogens is 386 g/mol. The number of hydrogen-bond donors (Lipinski definition) is 4. The quantitative estimate of drug-likeness (QED) is 0.338. The van der Waals surface area contributed by atoms with Crippen molar-refractivity contribution in [2.75, 3.05) is 12.3 Å². The van der Waals surface area contributed by atoms with Crippen LogP contribution in [0.1, 0.15) is 6.23 Å². The number of anilines is 1. The summed E-state index contributed by atoms with van der Waals surface area (Å²) in [4.78, 5) is 37.1. The number of phosphoric acid groups is 1. The summed E-state index contributed by atoms with van der Waals surface area (Å²) in [6.45, 7) is -0.910. The predicted octanol–water partition coefficient (Wildman–Crippen LogP) is -3.63.